The molecular formula is C22H22N10O. The summed E-state index contributed by atoms with van der Waals surface area (Å²) >= 11 is 0. The summed E-state index contributed by atoms with van der Waals surface area (Å²) in [4.78, 5) is 7.82. The first kappa shape index (κ1) is 20.6. The van der Waals surface area contributed by atoms with Crippen LogP contribution in [-0.2, 0) is 7.05 Å². The molecule has 1 unspecified atom stereocenters. The summed E-state index contributed by atoms with van der Waals surface area (Å²) in [5.74, 6) is 2.61. The van der Waals surface area contributed by atoms with Gasteiger partial charge in [-0.3, -0.25) is 4.57 Å². The average Bonchev–Trinajstić information content (AvgIpc) is 3.51. The van der Waals surface area contributed by atoms with Gasteiger partial charge >= 0.3 is 0 Å². The van der Waals surface area contributed by atoms with Crippen molar-refractivity contribution >= 4 is 5.95 Å². The van der Waals surface area contributed by atoms with Gasteiger partial charge in [0, 0.05) is 31.4 Å². The first-order valence-corrected chi connectivity index (χ1v) is 10.6. The van der Waals surface area contributed by atoms with Gasteiger partial charge in [0.15, 0.2) is 11.6 Å². The van der Waals surface area contributed by atoms with Crippen LogP contribution in [0, 0.1) is 11.3 Å². The molecule has 0 spiro atoms. The van der Waals surface area contributed by atoms with Crippen molar-refractivity contribution < 1.29 is 4.74 Å². The van der Waals surface area contributed by atoms with Crippen molar-refractivity contribution in [3.63, 3.8) is 0 Å². The highest BCUT2D eigenvalue weighted by Crippen LogP contribution is 2.34. The third kappa shape index (κ3) is 3.87. The maximum absolute atomic E-state index is 9.17. The van der Waals surface area contributed by atoms with E-state index in [4.69, 9.17) is 4.74 Å². The molecule has 1 fully saturated rings. The standard InChI is InChI=1S/C22H22N10O/c1-30-21(16-9-10-24-19(13-16)33-2)26-27-22(30)31-11-4-3-8-18(31)20-25-29-32(28-20)17-7-5-6-15(12-17)14-23/h5-7,9-10,12-13,18H,3-4,8,11H2,1-2H3. The van der Waals surface area contributed by atoms with E-state index in [0.717, 1.165) is 43.1 Å². The smallest absolute Gasteiger partial charge is 0.227 e. The topological polar surface area (TPSA) is 123 Å². The molecule has 5 rings (SSSR count). The number of nitrogens with zero attached hydrogens (tertiary/aromatic N) is 10. The van der Waals surface area contributed by atoms with Crippen molar-refractivity contribution in [1.29, 1.82) is 5.26 Å². The Morgan fingerprint density at radius 2 is 2.03 bits per heavy atom. The Morgan fingerprint density at radius 3 is 2.88 bits per heavy atom. The van der Waals surface area contributed by atoms with E-state index in [1.54, 1.807) is 31.5 Å². The predicted octanol–water partition coefficient (Wildman–Crippen LogP) is 2.46. The maximum atomic E-state index is 9.17. The lowest BCUT2D eigenvalue weighted by atomic mass is 10.0. The number of aromatic nitrogens is 8. The Hall–Kier alpha value is -4.33. The monoisotopic (exact) mass is 442 g/mol. The minimum Gasteiger partial charge on any atom is -0.481 e. The Morgan fingerprint density at radius 1 is 1.12 bits per heavy atom. The predicted molar refractivity (Wildman–Crippen MR) is 119 cm³/mol. The highest BCUT2D eigenvalue weighted by atomic mass is 16.5. The second-order valence-corrected chi connectivity index (χ2v) is 7.77. The van der Waals surface area contributed by atoms with E-state index in [-0.39, 0.29) is 6.04 Å². The van der Waals surface area contributed by atoms with Gasteiger partial charge in [-0.15, -0.1) is 25.2 Å². The summed E-state index contributed by atoms with van der Waals surface area (Å²) in [5, 5.41) is 31.3. The number of rotatable bonds is 5. The molecule has 0 amide bonds. The quantitative estimate of drug-likeness (QED) is 0.458. The molecule has 0 saturated carbocycles. The summed E-state index contributed by atoms with van der Waals surface area (Å²) in [6.45, 7) is 0.814. The van der Waals surface area contributed by atoms with Crippen LogP contribution in [0.1, 0.15) is 36.7 Å². The van der Waals surface area contributed by atoms with E-state index in [0.29, 0.717) is 23.0 Å². The largest absolute Gasteiger partial charge is 0.481 e. The Kier molecular flexibility index (Phi) is 5.40. The molecule has 166 valence electrons. The summed E-state index contributed by atoms with van der Waals surface area (Å²) in [6.07, 6.45) is 4.68. The zero-order valence-corrected chi connectivity index (χ0v) is 18.3. The lowest BCUT2D eigenvalue weighted by molar-refractivity contribution is 0.398. The molecule has 0 N–H and O–H groups in total. The van der Waals surface area contributed by atoms with Crippen molar-refractivity contribution in [2.75, 3.05) is 18.6 Å². The van der Waals surface area contributed by atoms with Crippen molar-refractivity contribution in [3.8, 4) is 29.0 Å². The first-order valence-electron chi connectivity index (χ1n) is 10.6. The van der Waals surface area contributed by atoms with Crippen LogP contribution in [-0.4, -0.2) is 53.6 Å². The molecule has 11 heteroatoms. The van der Waals surface area contributed by atoms with Gasteiger partial charge in [-0.25, -0.2) is 4.98 Å². The second-order valence-electron chi connectivity index (χ2n) is 7.77. The zero-order chi connectivity index (χ0) is 22.8. The maximum Gasteiger partial charge on any atom is 0.227 e. The molecule has 1 aromatic carbocycles. The van der Waals surface area contributed by atoms with E-state index in [9.17, 15) is 5.26 Å². The molecule has 33 heavy (non-hydrogen) atoms. The van der Waals surface area contributed by atoms with Gasteiger partial charge in [-0.05, 0) is 48.7 Å². The van der Waals surface area contributed by atoms with Gasteiger partial charge in [0.1, 0.15) is 0 Å². The molecule has 0 aliphatic carbocycles. The van der Waals surface area contributed by atoms with Gasteiger partial charge in [0.2, 0.25) is 11.8 Å². The minimum atomic E-state index is -0.0747. The molecule has 0 radical (unpaired) electrons. The zero-order valence-electron chi connectivity index (χ0n) is 18.3. The number of anilines is 1. The SMILES string of the molecule is COc1cc(-c2nnc(N3CCCCC3c3nnn(-c4cccc(C#N)c4)n3)n2C)ccn1. The van der Waals surface area contributed by atoms with Gasteiger partial charge < -0.3 is 9.64 Å². The van der Waals surface area contributed by atoms with Crippen molar-refractivity contribution in [1.82, 2.24) is 40.0 Å². The van der Waals surface area contributed by atoms with Gasteiger partial charge in [0.05, 0.1) is 30.5 Å². The average molecular weight is 442 g/mol. The molecule has 4 heterocycles. The number of tetrazole rings is 1. The summed E-state index contributed by atoms with van der Waals surface area (Å²) in [5.41, 5.74) is 2.12. The van der Waals surface area contributed by atoms with Crippen LogP contribution >= 0.6 is 0 Å². The summed E-state index contributed by atoms with van der Waals surface area (Å²) in [7, 11) is 3.53. The van der Waals surface area contributed by atoms with Crippen LogP contribution in [0.5, 0.6) is 5.88 Å². The fourth-order valence-electron chi connectivity index (χ4n) is 4.09. The summed E-state index contributed by atoms with van der Waals surface area (Å²) < 4.78 is 7.21. The van der Waals surface area contributed by atoms with Crippen LogP contribution in [0.15, 0.2) is 42.6 Å². The number of hydrogen-bond donors (Lipinski definition) is 0. The third-order valence-corrected chi connectivity index (χ3v) is 5.75. The van der Waals surface area contributed by atoms with Crippen LogP contribution in [0.3, 0.4) is 0 Å². The highest BCUT2D eigenvalue weighted by Gasteiger charge is 2.31. The van der Waals surface area contributed by atoms with E-state index in [1.165, 1.54) is 4.80 Å². The second kappa shape index (κ2) is 8.66. The molecule has 1 atom stereocenters. The van der Waals surface area contributed by atoms with E-state index in [2.05, 4.69) is 41.6 Å². The fourth-order valence-corrected chi connectivity index (χ4v) is 4.09. The minimum absolute atomic E-state index is 0.0747. The first-order chi connectivity index (χ1) is 16.2. The van der Waals surface area contributed by atoms with E-state index in [1.807, 2.05) is 29.8 Å². The van der Waals surface area contributed by atoms with Crippen molar-refractivity contribution in [2.24, 2.45) is 7.05 Å². The number of methoxy groups -OCH3 is 1. The number of benzene rings is 1. The van der Waals surface area contributed by atoms with Crippen LogP contribution < -0.4 is 9.64 Å². The third-order valence-electron chi connectivity index (χ3n) is 5.75. The number of nitriles is 1. The molecule has 3 aromatic heterocycles. The molecule has 4 aromatic rings. The van der Waals surface area contributed by atoms with Crippen molar-refractivity contribution in [3.05, 3.63) is 54.0 Å². The van der Waals surface area contributed by atoms with Gasteiger partial charge in [-0.1, -0.05) is 6.07 Å². The number of pyridine rings is 1. The molecule has 1 aliphatic heterocycles. The summed E-state index contributed by atoms with van der Waals surface area (Å²) in [6, 6.07) is 12.9. The van der Waals surface area contributed by atoms with Crippen LogP contribution in [0.2, 0.25) is 0 Å². The Bertz CT molecular complexity index is 1320. The Labute approximate surface area is 190 Å². The Balaban J connectivity index is 1.46. The normalized spacial score (nSPS) is 15.9. The lowest BCUT2D eigenvalue weighted by Crippen LogP contribution is -2.36. The molecule has 0 bridgehead atoms. The molecule has 11 nitrogen and oxygen atoms in total. The highest BCUT2D eigenvalue weighted by molar-refractivity contribution is 5.58. The van der Waals surface area contributed by atoms with E-state index >= 15 is 0 Å². The molecular weight excluding hydrogens is 420 g/mol. The van der Waals surface area contributed by atoms with Crippen LogP contribution in [0.4, 0.5) is 5.95 Å². The van der Waals surface area contributed by atoms with E-state index < -0.39 is 0 Å². The lowest BCUT2D eigenvalue weighted by Gasteiger charge is -2.34. The number of hydrogen-bond acceptors (Lipinski definition) is 9. The molecule has 1 saturated heterocycles. The van der Waals surface area contributed by atoms with Gasteiger partial charge in [0.25, 0.3) is 0 Å². The molecule has 1 aliphatic rings. The number of piperidine rings is 1. The van der Waals surface area contributed by atoms with Crippen LogP contribution in [0.25, 0.3) is 17.1 Å². The van der Waals surface area contributed by atoms with Gasteiger partial charge in [-0.2, -0.15) is 5.26 Å². The number of ether oxygens (including phenoxy) is 1. The van der Waals surface area contributed by atoms with Crippen molar-refractivity contribution in [2.45, 2.75) is 25.3 Å². The fraction of sp³-hybridized carbons (Fsp3) is 0.318.